The van der Waals surface area contributed by atoms with Gasteiger partial charge in [-0.3, -0.25) is 9.59 Å². The quantitative estimate of drug-likeness (QED) is 0.266. The Kier molecular flexibility index (Phi) is 10.1. The van der Waals surface area contributed by atoms with Gasteiger partial charge in [-0.2, -0.15) is 0 Å². The molecule has 0 atom stereocenters. The number of hydrogen-bond donors (Lipinski definition) is 2. The van der Waals surface area contributed by atoms with Crippen LogP contribution in [0.15, 0.2) is 53.7 Å². The third kappa shape index (κ3) is 7.60. The molecular weight excluding hydrogens is 490 g/mol. The number of ether oxygens (including phenoxy) is 2. The molecule has 0 saturated heterocycles. The van der Waals surface area contributed by atoms with Gasteiger partial charge in [0.2, 0.25) is 11.8 Å². The number of carbonyl (C=O) groups excluding carboxylic acids is 2. The zero-order valence-electron chi connectivity index (χ0n) is 21.8. The van der Waals surface area contributed by atoms with Gasteiger partial charge in [-0.15, -0.1) is 10.2 Å². The Balaban J connectivity index is 1.55. The maximum Gasteiger partial charge on any atom is 0.244 e. The normalized spacial score (nSPS) is 11.1. The van der Waals surface area contributed by atoms with Crippen LogP contribution in [0.25, 0.3) is 6.08 Å². The average molecular weight is 524 g/mol. The van der Waals surface area contributed by atoms with E-state index in [-0.39, 0.29) is 24.1 Å². The molecule has 2 amide bonds. The van der Waals surface area contributed by atoms with Crippen molar-refractivity contribution in [2.45, 2.75) is 44.9 Å². The number of rotatable bonds is 12. The predicted molar refractivity (Wildman–Crippen MR) is 146 cm³/mol. The van der Waals surface area contributed by atoms with Crippen LogP contribution >= 0.6 is 11.8 Å². The summed E-state index contributed by atoms with van der Waals surface area (Å²) in [6.07, 6.45) is 3.14. The first kappa shape index (κ1) is 27.8. The summed E-state index contributed by atoms with van der Waals surface area (Å²) >= 11 is 1.31. The molecule has 2 N–H and O–H groups in total. The monoisotopic (exact) mass is 523 g/mol. The number of anilines is 1. The van der Waals surface area contributed by atoms with Gasteiger partial charge in [-0.25, -0.2) is 0 Å². The summed E-state index contributed by atoms with van der Waals surface area (Å²) in [4.78, 5) is 24.9. The second kappa shape index (κ2) is 13.5. The van der Waals surface area contributed by atoms with Crippen LogP contribution in [0, 0.1) is 0 Å². The van der Waals surface area contributed by atoms with Crippen molar-refractivity contribution < 1.29 is 19.1 Å². The van der Waals surface area contributed by atoms with Crippen molar-refractivity contribution in [1.29, 1.82) is 0 Å². The van der Waals surface area contributed by atoms with E-state index >= 15 is 0 Å². The first-order chi connectivity index (χ1) is 17.9. The highest BCUT2D eigenvalue weighted by Gasteiger charge is 2.15. The highest BCUT2D eigenvalue weighted by atomic mass is 32.2. The molecule has 2 aromatic carbocycles. The smallest absolute Gasteiger partial charge is 0.244 e. The van der Waals surface area contributed by atoms with Crippen LogP contribution in [0.1, 0.15) is 43.6 Å². The third-order valence-electron chi connectivity index (χ3n) is 5.55. The van der Waals surface area contributed by atoms with Crippen molar-refractivity contribution in [3.05, 3.63) is 65.5 Å². The number of amides is 2. The maximum atomic E-state index is 12.6. The number of benzene rings is 2. The summed E-state index contributed by atoms with van der Waals surface area (Å²) in [5.41, 5.74) is 2.72. The molecule has 0 fully saturated rings. The molecule has 3 aromatic rings. The Morgan fingerprint density at radius 1 is 1.08 bits per heavy atom. The van der Waals surface area contributed by atoms with Crippen LogP contribution in [0.2, 0.25) is 0 Å². The molecule has 0 radical (unpaired) electrons. The summed E-state index contributed by atoms with van der Waals surface area (Å²) in [7, 11) is 3.13. The number of nitrogens with one attached hydrogen (secondary N) is 2. The minimum absolute atomic E-state index is 0.112. The highest BCUT2D eigenvalue weighted by Crippen LogP contribution is 2.28. The van der Waals surface area contributed by atoms with Gasteiger partial charge in [0, 0.05) is 18.3 Å². The number of carbonyl (C=O) groups is 2. The summed E-state index contributed by atoms with van der Waals surface area (Å²) in [5, 5.41) is 14.9. The lowest BCUT2D eigenvalue weighted by Crippen LogP contribution is -2.22. The summed E-state index contributed by atoms with van der Waals surface area (Å²) in [6.45, 7) is 6.98. The van der Waals surface area contributed by atoms with E-state index in [1.54, 1.807) is 32.4 Å². The van der Waals surface area contributed by atoms with E-state index in [0.29, 0.717) is 34.9 Å². The summed E-state index contributed by atoms with van der Waals surface area (Å²) in [5.74, 6) is 1.95. The SMILES string of the molecule is CCn1c(CNC(=O)/C=C/c2ccc(OC)c(OC)c2)nnc1SCC(=O)Nc1ccccc1C(C)C. The molecule has 0 saturated carbocycles. The molecule has 196 valence electrons. The van der Waals surface area contributed by atoms with Crippen molar-refractivity contribution in [3.63, 3.8) is 0 Å². The zero-order chi connectivity index (χ0) is 26.8. The summed E-state index contributed by atoms with van der Waals surface area (Å²) in [6, 6.07) is 13.2. The Morgan fingerprint density at radius 3 is 2.54 bits per heavy atom. The van der Waals surface area contributed by atoms with Crippen molar-refractivity contribution in [2.75, 3.05) is 25.3 Å². The second-order valence-electron chi connectivity index (χ2n) is 8.39. The number of thioether (sulfide) groups is 1. The van der Waals surface area contributed by atoms with E-state index in [1.165, 1.54) is 17.8 Å². The van der Waals surface area contributed by atoms with Crippen LogP contribution in [0.3, 0.4) is 0 Å². The average Bonchev–Trinajstić information content (AvgIpc) is 3.31. The van der Waals surface area contributed by atoms with Crippen molar-refractivity contribution in [2.24, 2.45) is 0 Å². The molecular formula is C27H33N5O4S. The first-order valence-electron chi connectivity index (χ1n) is 12.0. The minimum Gasteiger partial charge on any atom is -0.493 e. The Bertz CT molecular complexity index is 1260. The molecule has 0 aliphatic heterocycles. The van der Waals surface area contributed by atoms with Crippen molar-refractivity contribution in [3.8, 4) is 11.5 Å². The van der Waals surface area contributed by atoms with Crippen molar-refractivity contribution >= 4 is 35.3 Å². The second-order valence-corrected chi connectivity index (χ2v) is 9.33. The van der Waals surface area contributed by atoms with Crippen LogP contribution in [0.5, 0.6) is 11.5 Å². The number of nitrogens with zero attached hydrogens (tertiary/aromatic N) is 3. The van der Waals surface area contributed by atoms with Crippen LogP contribution < -0.4 is 20.1 Å². The van der Waals surface area contributed by atoms with E-state index in [9.17, 15) is 9.59 Å². The van der Waals surface area contributed by atoms with Gasteiger partial charge in [-0.05, 0) is 48.2 Å². The number of para-hydroxylation sites is 1. The lowest BCUT2D eigenvalue weighted by molar-refractivity contribution is -0.116. The third-order valence-corrected chi connectivity index (χ3v) is 6.52. The standard InChI is InChI=1S/C27H33N5O4S/c1-6-32-24(16-28-25(33)14-12-19-11-13-22(35-4)23(15-19)36-5)30-31-27(32)37-17-26(34)29-21-10-8-7-9-20(21)18(2)3/h7-15,18H,6,16-17H2,1-5H3,(H,28,33)(H,29,34)/b14-12+. The molecule has 1 aromatic heterocycles. The molecule has 0 spiro atoms. The van der Waals surface area contributed by atoms with Gasteiger partial charge >= 0.3 is 0 Å². The first-order valence-corrected chi connectivity index (χ1v) is 13.0. The van der Waals surface area contributed by atoms with Crippen LogP contribution in [0.4, 0.5) is 5.69 Å². The fourth-order valence-corrected chi connectivity index (χ4v) is 4.48. The number of aromatic nitrogens is 3. The van der Waals surface area contributed by atoms with Crippen LogP contribution in [-0.4, -0.2) is 46.6 Å². The predicted octanol–water partition coefficient (Wildman–Crippen LogP) is 4.50. The highest BCUT2D eigenvalue weighted by molar-refractivity contribution is 7.99. The van der Waals surface area contributed by atoms with Crippen molar-refractivity contribution in [1.82, 2.24) is 20.1 Å². The molecule has 9 nitrogen and oxygen atoms in total. The topological polar surface area (TPSA) is 107 Å². The number of methoxy groups -OCH3 is 2. The molecule has 37 heavy (non-hydrogen) atoms. The van der Waals surface area contributed by atoms with E-state index in [2.05, 4.69) is 34.7 Å². The fourth-order valence-electron chi connectivity index (χ4n) is 3.66. The lowest BCUT2D eigenvalue weighted by atomic mass is 10.0. The molecule has 10 heteroatoms. The van der Waals surface area contributed by atoms with Gasteiger partial charge in [0.1, 0.15) is 0 Å². The molecule has 0 bridgehead atoms. The van der Waals surface area contributed by atoms with Gasteiger partial charge < -0.3 is 24.7 Å². The molecule has 1 heterocycles. The zero-order valence-corrected chi connectivity index (χ0v) is 22.6. The van der Waals surface area contributed by atoms with E-state index in [0.717, 1.165) is 16.8 Å². The Labute approximate surface area is 221 Å². The molecule has 0 unspecified atom stereocenters. The fraction of sp³-hybridized carbons (Fsp3) is 0.333. The number of hydrogen-bond acceptors (Lipinski definition) is 7. The van der Waals surface area contributed by atoms with Crippen LogP contribution in [-0.2, 0) is 22.7 Å². The van der Waals surface area contributed by atoms with Gasteiger partial charge in [0.15, 0.2) is 22.5 Å². The largest absolute Gasteiger partial charge is 0.493 e. The van der Waals surface area contributed by atoms with Gasteiger partial charge in [-0.1, -0.05) is 49.9 Å². The van der Waals surface area contributed by atoms with E-state index in [1.807, 2.05) is 41.8 Å². The maximum absolute atomic E-state index is 12.6. The van der Waals surface area contributed by atoms with Gasteiger partial charge in [0.05, 0.1) is 26.5 Å². The van der Waals surface area contributed by atoms with E-state index < -0.39 is 0 Å². The molecule has 0 aliphatic rings. The van der Waals surface area contributed by atoms with E-state index in [4.69, 9.17) is 9.47 Å². The minimum atomic E-state index is -0.266. The Morgan fingerprint density at radius 2 is 1.84 bits per heavy atom. The Hall–Kier alpha value is -3.79. The molecule has 3 rings (SSSR count). The lowest BCUT2D eigenvalue weighted by Gasteiger charge is -2.13. The summed E-state index contributed by atoms with van der Waals surface area (Å²) < 4.78 is 12.4. The van der Waals surface area contributed by atoms with Gasteiger partial charge in [0.25, 0.3) is 0 Å². The molecule has 0 aliphatic carbocycles.